The third-order valence-electron chi connectivity index (χ3n) is 4.56. The van der Waals surface area contributed by atoms with E-state index in [4.69, 9.17) is 24.1 Å². The van der Waals surface area contributed by atoms with Crippen molar-refractivity contribution in [1.29, 1.82) is 0 Å². The number of aliphatic hydroxyl groups is 5. The Morgan fingerprint density at radius 1 is 1.00 bits per heavy atom. The molecule has 162 valence electrons. The molecule has 2 rings (SSSR count). The SMILES string of the molecule is CO[C@@H]1O[C@H](CO)[C@@H](O)[C@H](O[C@@H]2O[C@H](C(=O)O)[C@@H](O)[C@H](O)[C@H]2O)[C@H]1NC(C)=O. The van der Waals surface area contributed by atoms with E-state index in [1.807, 2.05) is 0 Å². The molecule has 13 heteroatoms. The number of carbonyl (C=O) groups is 2. The number of aliphatic hydroxyl groups excluding tert-OH is 5. The van der Waals surface area contributed by atoms with Crippen molar-refractivity contribution in [3.05, 3.63) is 0 Å². The molecule has 0 aromatic carbocycles. The van der Waals surface area contributed by atoms with Crippen LogP contribution in [0.2, 0.25) is 0 Å². The van der Waals surface area contributed by atoms with Crippen LogP contribution in [0.15, 0.2) is 0 Å². The van der Waals surface area contributed by atoms with Gasteiger partial charge in [-0.25, -0.2) is 4.79 Å². The summed E-state index contributed by atoms with van der Waals surface area (Å²) in [5.41, 5.74) is 0. The number of methoxy groups -OCH3 is 1. The summed E-state index contributed by atoms with van der Waals surface area (Å²) in [6, 6.07) is -1.14. The van der Waals surface area contributed by atoms with E-state index in [0.29, 0.717) is 0 Å². The predicted octanol–water partition coefficient (Wildman–Crippen LogP) is -4.51. The number of carboxylic acid groups (broad SMARTS) is 1. The Balaban J connectivity index is 2.29. The molecule has 2 aliphatic rings. The van der Waals surface area contributed by atoms with E-state index in [9.17, 15) is 35.1 Å². The molecule has 0 spiro atoms. The molecule has 13 nitrogen and oxygen atoms in total. The first-order valence-corrected chi connectivity index (χ1v) is 8.44. The minimum Gasteiger partial charge on any atom is -0.479 e. The molecular weight excluding hydrogens is 386 g/mol. The van der Waals surface area contributed by atoms with Crippen LogP contribution in [0, 0.1) is 0 Å². The van der Waals surface area contributed by atoms with Crippen molar-refractivity contribution in [3.8, 4) is 0 Å². The molecule has 2 heterocycles. The monoisotopic (exact) mass is 411 g/mol. The summed E-state index contributed by atoms with van der Waals surface area (Å²) in [5, 5.41) is 61.1. The summed E-state index contributed by atoms with van der Waals surface area (Å²) in [7, 11) is 1.25. The second-order valence-corrected chi connectivity index (χ2v) is 6.51. The summed E-state index contributed by atoms with van der Waals surface area (Å²) in [4.78, 5) is 22.7. The van der Waals surface area contributed by atoms with Crippen molar-refractivity contribution in [2.75, 3.05) is 13.7 Å². The van der Waals surface area contributed by atoms with Gasteiger partial charge in [0.1, 0.15) is 42.7 Å². The van der Waals surface area contributed by atoms with Gasteiger partial charge in [-0.3, -0.25) is 4.79 Å². The molecule has 7 N–H and O–H groups in total. The number of amides is 1. The quantitative estimate of drug-likeness (QED) is 0.221. The van der Waals surface area contributed by atoms with Crippen molar-refractivity contribution in [1.82, 2.24) is 5.32 Å². The molecule has 0 aromatic rings. The standard InChI is InChI=1S/C15H25NO12/c1-4(18)16-6-11(7(19)5(3-17)26-14(6)25-2)27-15-10(22)8(20)9(21)12(28-15)13(23)24/h5-12,14-15,17,19-22H,3H2,1-2H3,(H,16,18)(H,23,24)/t5-,6-,7-,8+,9+,10-,11-,12+,14-,15-/m1/s1. The van der Waals surface area contributed by atoms with Gasteiger partial charge >= 0.3 is 5.97 Å². The highest BCUT2D eigenvalue weighted by Gasteiger charge is 2.52. The van der Waals surface area contributed by atoms with E-state index < -0.39 is 79.8 Å². The Morgan fingerprint density at radius 2 is 1.64 bits per heavy atom. The summed E-state index contributed by atoms with van der Waals surface area (Å²) in [6.07, 6.45) is -14.7. The fourth-order valence-electron chi connectivity index (χ4n) is 3.14. The maximum Gasteiger partial charge on any atom is 0.335 e. The van der Waals surface area contributed by atoms with Gasteiger partial charge in [0, 0.05) is 14.0 Å². The molecule has 10 atom stereocenters. The van der Waals surface area contributed by atoms with Crippen LogP contribution in [0.25, 0.3) is 0 Å². The minimum atomic E-state index is -1.92. The number of aliphatic carboxylic acids is 1. The van der Waals surface area contributed by atoms with Crippen LogP contribution in [-0.4, -0.2) is 118 Å². The Hall–Kier alpha value is -1.42. The molecule has 0 unspecified atom stereocenters. The second kappa shape index (κ2) is 9.39. The summed E-state index contributed by atoms with van der Waals surface area (Å²) >= 11 is 0. The number of carbonyl (C=O) groups excluding carboxylic acids is 1. The molecule has 28 heavy (non-hydrogen) atoms. The van der Waals surface area contributed by atoms with E-state index in [1.54, 1.807) is 0 Å². The van der Waals surface area contributed by atoms with Gasteiger partial charge < -0.3 is 54.9 Å². The molecule has 0 saturated carbocycles. The van der Waals surface area contributed by atoms with Gasteiger partial charge in [0.15, 0.2) is 18.7 Å². The molecule has 2 aliphatic heterocycles. The lowest BCUT2D eigenvalue weighted by Gasteiger charge is -2.46. The molecule has 0 bridgehead atoms. The van der Waals surface area contributed by atoms with Gasteiger partial charge in [0.25, 0.3) is 0 Å². The Labute approximate surface area is 159 Å². The lowest BCUT2D eigenvalue weighted by Crippen LogP contribution is -2.68. The van der Waals surface area contributed by atoms with E-state index in [2.05, 4.69) is 5.32 Å². The maximum absolute atomic E-state index is 11.5. The zero-order valence-electron chi connectivity index (χ0n) is 15.1. The van der Waals surface area contributed by atoms with E-state index in [-0.39, 0.29) is 0 Å². The van der Waals surface area contributed by atoms with Crippen molar-refractivity contribution in [2.24, 2.45) is 0 Å². The van der Waals surface area contributed by atoms with Crippen molar-refractivity contribution < 1.29 is 59.2 Å². The Morgan fingerprint density at radius 3 is 2.14 bits per heavy atom. The number of ether oxygens (including phenoxy) is 4. The summed E-state index contributed by atoms with van der Waals surface area (Å²) in [6.45, 7) is 0.543. The lowest BCUT2D eigenvalue weighted by atomic mass is 9.95. The molecule has 2 saturated heterocycles. The number of rotatable bonds is 6. The third kappa shape index (κ3) is 4.59. The average Bonchev–Trinajstić information content (AvgIpc) is 2.64. The highest BCUT2D eigenvalue weighted by molar-refractivity contribution is 5.73. The molecule has 0 radical (unpaired) electrons. The molecule has 0 aliphatic carbocycles. The topological polar surface area (TPSA) is 204 Å². The first kappa shape index (κ1) is 22.9. The Bertz CT molecular complexity index is 561. The molecular formula is C15H25NO12. The summed E-state index contributed by atoms with van der Waals surface area (Å²) < 4.78 is 21.0. The van der Waals surface area contributed by atoms with Crippen molar-refractivity contribution in [2.45, 2.75) is 68.3 Å². The van der Waals surface area contributed by atoms with Gasteiger partial charge in [0.2, 0.25) is 5.91 Å². The number of hydrogen-bond donors (Lipinski definition) is 7. The lowest BCUT2D eigenvalue weighted by molar-refractivity contribution is -0.338. The first-order valence-electron chi connectivity index (χ1n) is 8.44. The van der Waals surface area contributed by atoms with Crippen LogP contribution in [0.1, 0.15) is 6.92 Å². The van der Waals surface area contributed by atoms with Gasteiger partial charge in [-0.05, 0) is 0 Å². The highest BCUT2D eigenvalue weighted by Crippen LogP contribution is 2.29. The van der Waals surface area contributed by atoms with E-state index >= 15 is 0 Å². The average molecular weight is 411 g/mol. The van der Waals surface area contributed by atoms with Gasteiger partial charge in [-0.2, -0.15) is 0 Å². The zero-order chi connectivity index (χ0) is 21.2. The zero-order valence-corrected chi connectivity index (χ0v) is 15.1. The third-order valence-corrected chi connectivity index (χ3v) is 4.56. The number of nitrogens with one attached hydrogen (secondary N) is 1. The van der Waals surface area contributed by atoms with E-state index in [1.165, 1.54) is 14.0 Å². The van der Waals surface area contributed by atoms with E-state index in [0.717, 1.165) is 0 Å². The van der Waals surface area contributed by atoms with Crippen LogP contribution in [0.5, 0.6) is 0 Å². The van der Waals surface area contributed by atoms with Crippen molar-refractivity contribution in [3.63, 3.8) is 0 Å². The normalized spacial score (nSPS) is 44.1. The highest BCUT2D eigenvalue weighted by atomic mass is 16.7. The fourth-order valence-corrected chi connectivity index (χ4v) is 3.14. The van der Waals surface area contributed by atoms with Crippen LogP contribution in [0.3, 0.4) is 0 Å². The predicted molar refractivity (Wildman–Crippen MR) is 85.6 cm³/mol. The van der Waals surface area contributed by atoms with Crippen LogP contribution >= 0.6 is 0 Å². The smallest absolute Gasteiger partial charge is 0.335 e. The van der Waals surface area contributed by atoms with Crippen molar-refractivity contribution >= 4 is 11.9 Å². The van der Waals surface area contributed by atoms with Crippen LogP contribution in [0.4, 0.5) is 0 Å². The van der Waals surface area contributed by atoms with Crippen LogP contribution in [-0.2, 0) is 28.5 Å². The number of hydrogen-bond acceptors (Lipinski definition) is 11. The van der Waals surface area contributed by atoms with Gasteiger partial charge in [-0.1, -0.05) is 0 Å². The van der Waals surface area contributed by atoms with Gasteiger partial charge in [-0.15, -0.1) is 0 Å². The fraction of sp³-hybridized carbons (Fsp3) is 0.867. The van der Waals surface area contributed by atoms with Gasteiger partial charge in [0.05, 0.1) is 6.61 Å². The molecule has 0 aromatic heterocycles. The largest absolute Gasteiger partial charge is 0.479 e. The first-order chi connectivity index (χ1) is 13.1. The Kier molecular flexibility index (Phi) is 7.66. The number of carboxylic acids is 1. The second-order valence-electron chi connectivity index (χ2n) is 6.51. The molecule has 1 amide bonds. The summed E-state index contributed by atoms with van der Waals surface area (Å²) in [5.74, 6) is -2.15. The minimum absolute atomic E-state index is 0.539. The maximum atomic E-state index is 11.5. The van der Waals surface area contributed by atoms with Crippen LogP contribution < -0.4 is 5.32 Å². The molecule has 2 fully saturated rings.